The number of hydrogen-bond acceptors (Lipinski definition) is 0. The van der Waals surface area contributed by atoms with E-state index in [2.05, 4.69) is 72.8 Å². The first-order valence-corrected chi connectivity index (χ1v) is 13.7. The van der Waals surface area contributed by atoms with Gasteiger partial charge in [0, 0.05) is 0 Å². The van der Waals surface area contributed by atoms with E-state index in [-0.39, 0.29) is 24.8 Å². The normalized spacial score (nSPS) is 21.5. The minimum atomic E-state index is -1.88. The van der Waals surface area contributed by atoms with Gasteiger partial charge in [-0.15, -0.1) is 0 Å². The summed E-state index contributed by atoms with van der Waals surface area (Å²) in [5.41, 5.74) is 6.18. The molecule has 1 saturated carbocycles. The van der Waals surface area contributed by atoms with E-state index in [4.69, 9.17) is 0 Å². The van der Waals surface area contributed by atoms with E-state index in [1.807, 2.05) is 3.21 Å². The van der Waals surface area contributed by atoms with E-state index in [1.54, 1.807) is 11.1 Å². The standard InChI is InChI=1S/2C9H7.C6H10.2ClH.Zr/c2*1-2-5-9-7-3-6-8(9)4-1;1-2-4-6-5-3-1;;;/h2*1-7H;1-5H2;2*1H;/q;;;;;+2/p-2. The van der Waals surface area contributed by atoms with Gasteiger partial charge in [0.15, 0.2) is 0 Å². The van der Waals surface area contributed by atoms with E-state index in [0.717, 1.165) is 7.25 Å². The monoisotopic (exact) mass is 472 g/mol. The number of rotatable bonds is 2. The molecule has 0 radical (unpaired) electrons. The van der Waals surface area contributed by atoms with Gasteiger partial charge in [0.1, 0.15) is 0 Å². The summed E-state index contributed by atoms with van der Waals surface area (Å²) in [4.78, 5) is 0. The van der Waals surface area contributed by atoms with Crippen LogP contribution in [0.25, 0.3) is 12.2 Å². The maximum absolute atomic E-state index is 2.57. The second-order valence-electron chi connectivity index (χ2n) is 7.55. The summed E-state index contributed by atoms with van der Waals surface area (Å²) < 4.78 is 3.46. The molecule has 3 aliphatic rings. The molecular weight excluding hydrogens is 450 g/mol. The molecule has 0 heterocycles. The zero-order valence-corrected chi connectivity index (χ0v) is 19.3. The number of allylic oxidation sites excluding steroid dienone is 2. The van der Waals surface area contributed by atoms with E-state index in [0.29, 0.717) is 0 Å². The maximum Gasteiger partial charge on any atom is -1.00 e. The summed E-state index contributed by atoms with van der Waals surface area (Å²) in [6, 6.07) is 18.3. The molecule has 0 amide bonds. The summed E-state index contributed by atoms with van der Waals surface area (Å²) in [6.45, 7) is 0. The molecule has 2 aromatic carbocycles. The molecule has 0 saturated heterocycles. The van der Waals surface area contributed by atoms with Crippen LogP contribution in [0, 0.1) is 0 Å². The predicted octanol–water partition coefficient (Wildman–Crippen LogP) is 0.285. The Labute approximate surface area is 182 Å². The SMILES string of the molecule is C1=C[CH]([Zr+2](=[C]2CCCCC2)[CH]2C=Cc3ccccc32)c2ccccc21.[Cl-].[Cl-]. The smallest absolute Gasteiger partial charge is 1.00 e. The molecule has 0 aromatic heterocycles. The van der Waals surface area contributed by atoms with Gasteiger partial charge in [-0.3, -0.25) is 0 Å². The van der Waals surface area contributed by atoms with Gasteiger partial charge < -0.3 is 24.8 Å². The first-order chi connectivity index (χ1) is 12.4. The van der Waals surface area contributed by atoms with Crippen molar-refractivity contribution in [3.63, 3.8) is 0 Å². The van der Waals surface area contributed by atoms with Crippen LogP contribution >= 0.6 is 0 Å². The molecule has 0 bridgehead atoms. The van der Waals surface area contributed by atoms with Crippen molar-refractivity contribution in [2.75, 3.05) is 0 Å². The molecule has 5 rings (SSSR count). The fourth-order valence-electron chi connectivity index (χ4n) is 4.94. The third-order valence-electron chi connectivity index (χ3n) is 6.13. The Kier molecular flexibility index (Phi) is 7.12. The van der Waals surface area contributed by atoms with Gasteiger partial charge in [-0.2, -0.15) is 0 Å². The summed E-state index contributed by atoms with van der Waals surface area (Å²) in [7, 11) is 0. The van der Waals surface area contributed by atoms with Crippen molar-refractivity contribution >= 4 is 15.4 Å². The van der Waals surface area contributed by atoms with Crippen LogP contribution < -0.4 is 24.8 Å². The molecule has 0 N–H and O–H groups in total. The fourth-order valence-corrected chi connectivity index (χ4v) is 14.8. The molecule has 27 heavy (non-hydrogen) atoms. The van der Waals surface area contributed by atoms with Gasteiger partial charge >= 0.3 is 159 Å². The Morgan fingerprint density at radius 1 is 0.630 bits per heavy atom. The second kappa shape index (κ2) is 9.17. The Morgan fingerprint density at radius 2 is 1.11 bits per heavy atom. The summed E-state index contributed by atoms with van der Waals surface area (Å²) in [5.74, 6) is 0. The van der Waals surface area contributed by atoms with Crippen molar-refractivity contribution in [3.8, 4) is 0 Å². The Balaban J connectivity index is 0.00000105. The van der Waals surface area contributed by atoms with Gasteiger partial charge in [-0.1, -0.05) is 0 Å². The molecule has 2 aromatic rings. The summed E-state index contributed by atoms with van der Waals surface area (Å²) >= 11 is -1.88. The topological polar surface area (TPSA) is 0 Å². The van der Waals surface area contributed by atoms with Crippen LogP contribution in [0.2, 0.25) is 0 Å². The molecule has 3 heteroatoms. The predicted molar refractivity (Wildman–Crippen MR) is 105 cm³/mol. The molecule has 138 valence electrons. The number of hydrogen-bond donors (Lipinski definition) is 0. The molecule has 2 atom stereocenters. The van der Waals surface area contributed by atoms with Crippen LogP contribution in [0.1, 0.15) is 61.6 Å². The first kappa shape index (κ1) is 21.0. The zero-order valence-electron chi connectivity index (χ0n) is 15.4. The zero-order chi connectivity index (χ0) is 16.6. The van der Waals surface area contributed by atoms with Crippen molar-refractivity contribution in [3.05, 3.63) is 82.9 Å². The van der Waals surface area contributed by atoms with Gasteiger partial charge in [-0.25, -0.2) is 0 Å². The minimum Gasteiger partial charge on any atom is -1.00 e. The van der Waals surface area contributed by atoms with Crippen molar-refractivity contribution in [1.29, 1.82) is 0 Å². The van der Waals surface area contributed by atoms with Gasteiger partial charge in [-0.05, 0) is 0 Å². The van der Waals surface area contributed by atoms with Crippen molar-refractivity contribution in [2.45, 2.75) is 39.4 Å². The average Bonchev–Trinajstić information content (AvgIpc) is 3.29. The van der Waals surface area contributed by atoms with Crippen LogP contribution in [0.5, 0.6) is 0 Å². The molecular formula is C24H24Cl2Zr. The minimum absolute atomic E-state index is 0. The third-order valence-corrected chi connectivity index (χ3v) is 15.1. The average molecular weight is 475 g/mol. The molecule has 0 spiro atoms. The summed E-state index contributed by atoms with van der Waals surface area (Å²) in [6.07, 6.45) is 17.0. The quantitative estimate of drug-likeness (QED) is 0.587. The van der Waals surface area contributed by atoms with Gasteiger partial charge in [0.05, 0.1) is 0 Å². The van der Waals surface area contributed by atoms with E-state index in [9.17, 15) is 0 Å². The van der Waals surface area contributed by atoms with Crippen LogP contribution in [0.3, 0.4) is 0 Å². The molecule has 3 aliphatic carbocycles. The van der Waals surface area contributed by atoms with Gasteiger partial charge in [0.25, 0.3) is 0 Å². The maximum atomic E-state index is 2.57. The second-order valence-corrected chi connectivity index (χ2v) is 14.6. The number of fused-ring (bicyclic) bond motifs is 2. The van der Waals surface area contributed by atoms with Gasteiger partial charge in [0.2, 0.25) is 0 Å². The molecule has 2 unspecified atom stereocenters. The molecule has 0 aliphatic heterocycles. The number of benzene rings is 2. The molecule has 1 fully saturated rings. The van der Waals surface area contributed by atoms with Crippen LogP contribution in [-0.2, 0) is 21.3 Å². The van der Waals surface area contributed by atoms with Crippen molar-refractivity contribution in [2.24, 2.45) is 0 Å². The Morgan fingerprint density at radius 3 is 1.63 bits per heavy atom. The molecule has 0 nitrogen and oxygen atoms in total. The largest absolute Gasteiger partial charge is 1.00 e. The Hall–Kier alpha value is -0.747. The van der Waals surface area contributed by atoms with E-state index < -0.39 is 21.3 Å². The van der Waals surface area contributed by atoms with Crippen LogP contribution in [0.15, 0.2) is 60.7 Å². The van der Waals surface area contributed by atoms with Crippen molar-refractivity contribution in [1.82, 2.24) is 0 Å². The van der Waals surface area contributed by atoms with Crippen molar-refractivity contribution < 1.29 is 46.1 Å². The Bertz CT molecular complexity index is 839. The fraction of sp³-hybridized carbons (Fsp3) is 0.292. The summed E-state index contributed by atoms with van der Waals surface area (Å²) in [5, 5.41) is 0. The third kappa shape index (κ3) is 3.89. The first-order valence-electron chi connectivity index (χ1n) is 9.68. The van der Waals surface area contributed by atoms with Crippen LogP contribution in [-0.4, -0.2) is 3.21 Å². The van der Waals surface area contributed by atoms with E-state index >= 15 is 0 Å². The van der Waals surface area contributed by atoms with Crippen LogP contribution in [0.4, 0.5) is 0 Å². The number of halogens is 2. The van der Waals surface area contributed by atoms with E-state index in [1.165, 1.54) is 43.2 Å².